The molecule has 1 aliphatic rings. The monoisotopic (exact) mass is 269 g/mol. The number of aromatic nitrogens is 1. The Morgan fingerprint density at radius 3 is 2.53 bits per heavy atom. The van der Waals surface area contributed by atoms with Crippen molar-refractivity contribution >= 4 is 21.9 Å². The summed E-state index contributed by atoms with van der Waals surface area (Å²) in [5.74, 6) is -0.757. The molecule has 15 heavy (non-hydrogen) atoms. The van der Waals surface area contributed by atoms with Crippen LogP contribution in [0.4, 0.5) is 0 Å². The molecule has 0 saturated heterocycles. The first-order valence-corrected chi connectivity index (χ1v) is 5.54. The van der Waals surface area contributed by atoms with Gasteiger partial charge in [-0.05, 0) is 39.4 Å². The Balaban J connectivity index is 2.50. The van der Waals surface area contributed by atoms with E-state index in [1.54, 1.807) is 12.4 Å². The summed E-state index contributed by atoms with van der Waals surface area (Å²) in [6.45, 7) is 3.95. The maximum atomic E-state index is 11.4. The Labute approximate surface area is 96.7 Å². The predicted molar refractivity (Wildman–Crippen MR) is 59.6 cm³/mol. The van der Waals surface area contributed by atoms with E-state index in [-0.39, 0.29) is 5.41 Å². The quantitative estimate of drug-likeness (QED) is 0.898. The number of aliphatic carboxylic acids is 1. The van der Waals surface area contributed by atoms with E-state index in [9.17, 15) is 9.90 Å². The molecule has 2 rings (SSSR count). The fraction of sp³-hybridized carbons (Fsp3) is 0.455. The highest BCUT2D eigenvalue weighted by atomic mass is 79.9. The Hall–Kier alpha value is -0.900. The molecule has 0 amide bonds. The zero-order valence-corrected chi connectivity index (χ0v) is 10.2. The lowest BCUT2D eigenvalue weighted by atomic mass is 9.89. The first-order valence-electron chi connectivity index (χ1n) is 4.74. The van der Waals surface area contributed by atoms with Crippen LogP contribution in [-0.4, -0.2) is 16.1 Å². The maximum Gasteiger partial charge on any atom is 0.314 e. The molecular weight excluding hydrogens is 258 g/mol. The summed E-state index contributed by atoms with van der Waals surface area (Å²) < 4.78 is 0.823. The summed E-state index contributed by atoms with van der Waals surface area (Å²) in [7, 11) is 0. The van der Waals surface area contributed by atoms with Gasteiger partial charge in [0, 0.05) is 16.9 Å². The van der Waals surface area contributed by atoms with E-state index in [1.165, 1.54) is 0 Å². The molecule has 80 valence electrons. The SMILES string of the molecule is CC1(C)CC1(C(=O)O)c1cncc(Br)c1. The summed E-state index contributed by atoms with van der Waals surface area (Å²) in [5.41, 5.74) is -0.139. The van der Waals surface area contributed by atoms with Crippen LogP contribution < -0.4 is 0 Å². The number of hydrogen-bond acceptors (Lipinski definition) is 2. The van der Waals surface area contributed by atoms with Crippen molar-refractivity contribution in [1.82, 2.24) is 4.98 Å². The fourth-order valence-corrected chi connectivity index (χ4v) is 2.61. The number of nitrogens with zero attached hydrogens (tertiary/aromatic N) is 1. The van der Waals surface area contributed by atoms with Crippen LogP contribution in [0.25, 0.3) is 0 Å². The third-order valence-corrected chi connectivity index (χ3v) is 3.73. The molecule has 1 aromatic rings. The summed E-state index contributed by atoms with van der Waals surface area (Å²) >= 11 is 3.31. The number of carboxylic acids is 1. The smallest absolute Gasteiger partial charge is 0.314 e. The molecule has 0 bridgehead atoms. The molecule has 1 unspecified atom stereocenters. The van der Waals surface area contributed by atoms with Crippen molar-refractivity contribution in [3.63, 3.8) is 0 Å². The molecule has 3 nitrogen and oxygen atoms in total. The zero-order chi connectivity index (χ0) is 11.3. The van der Waals surface area contributed by atoms with E-state index in [4.69, 9.17) is 0 Å². The molecule has 0 aliphatic heterocycles. The van der Waals surface area contributed by atoms with E-state index in [1.807, 2.05) is 19.9 Å². The molecule has 1 fully saturated rings. The van der Waals surface area contributed by atoms with Gasteiger partial charge in [-0.25, -0.2) is 0 Å². The van der Waals surface area contributed by atoms with Crippen LogP contribution in [-0.2, 0) is 10.2 Å². The first-order chi connectivity index (χ1) is 6.90. The minimum absolute atomic E-state index is 0.179. The second-order valence-electron chi connectivity index (χ2n) is 4.66. The van der Waals surface area contributed by atoms with Gasteiger partial charge < -0.3 is 5.11 Å². The van der Waals surface area contributed by atoms with Crippen molar-refractivity contribution < 1.29 is 9.90 Å². The molecule has 0 aromatic carbocycles. The zero-order valence-electron chi connectivity index (χ0n) is 8.62. The van der Waals surface area contributed by atoms with Crippen molar-refractivity contribution in [2.75, 3.05) is 0 Å². The summed E-state index contributed by atoms with van der Waals surface area (Å²) in [5, 5.41) is 9.34. The van der Waals surface area contributed by atoms with Gasteiger partial charge in [-0.15, -0.1) is 0 Å². The molecule has 1 saturated carbocycles. The molecule has 0 radical (unpaired) electrons. The maximum absolute atomic E-state index is 11.4. The highest BCUT2D eigenvalue weighted by Gasteiger charge is 2.67. The van der Waals surface area contributed by atoms with Crippen molar-refractivity contribution in [2.45, 2.75) is 25.7 Å². The van der Waals surface area contributed by atoms with Crippen molar-refractivity contribution in [2.24, 2.45) is 5.41 Å². The average molecular weight is 270 g/mol. The number of pyridine rings is 1. The predicted octanol–water partition coefficient (Wildman–Crippen LogP) is 2.60. The molecule has 1 N–H and O–H groups in total. The number of halogens is 1. The van der Waals surface area contributed by atoms with Gasteiger partial charge >= 0.3 is 5.97 Å². The van der Waals surface area contributed by atoms with Gasteiger partial charge in [0.05, 0.1) is 5.41 Å². The standard InChI is InChI=1S/C11H12BrNO2/c1-10(2)6-11(10,9(14)15)7-3-8(12)5-13-4-7/h3-5H,6H2,1-2H3,(H,14,15). The van der Waals surface area contributed by atoms with E-state index >= 15 is 0 Å². The van der Waals surface area contributed by atoms with Crippen LogP contribution in [0.3, 0.4) is 0 Å². The number of carbonyl (C=O) groups is 1. The molecule has 4 heteroatoms. The largest absolute Gasteiger partial charge is 0.481 e. The molecule has 1 aliphatic carbocycles. The van der Waals surface area contributed by atoms with Gasteiger partial charge in [0.2, 0.25) is 0 Å². The second kappa shape index (κ2) is 3.04. The van der Waals surface area contributed by atoms with Gasteiger partial charge in [-0.1, -0.05) is 13.8 Å². The Bertz CT molecular complexity index is 430. The Morgan fingerprint density at radius 1 is 1.53 bits per heavy atom. The van der Waals surface area contributed by atoms with E-state index < -0.39 is 11.4 Å². The van der Waals surface area contributed by atoms with Gasteiger partial charge in [-0.3, -0.25) is 9.78 Å². The van der Waals surface area contributed by atoms with Crippen LogP contribution in [0, 0.1) is 5.41 Å². The lowest BCUT2D eigenvalue weighted by Crippen LogP contribution is -2.25. The summed E-state index contributed by atoms with van der Waals surface area (Å²) in [6.07, 6.45) is 3.98. The normalized spacial score (nSPS) is 27.4. The van der Waals surface area contributed by atoms with Crippen molar-refractivity contribution in [3.05, 3.63) is 28.5 Å². The minimum Gasteiger partial charge on any atom is -0.481 e. The molecule has 1 aromatic heterocycles. The fourth-order valence-electron chi connectivity index (χ4n) is 2.25. The number of carboxylic acid groups (broad SMARTS) is 1. The minimum atomic E-state index is -0.757. The molecular formula is C11H12BrNO2. The molecule has 1 atom stereocenters. The third kappa shape index (κ3) is 1.39. The van der Waals surface area contributed by atoms with Gasteiger partial charge in [0.1, 0.15) is 0 Å². The third-order valence-electron chi connectivity index (χ3n) is 3.30. The Morgan fingerprint density at radius 2 is 2.13 bits per heavy atom. The summed E-state index contributed by atoms with van der Waals surface area (Å²) in [4.78, 5) is 15.4. The average Bonchev–Trinajstić information content (AvgIpc) is 2.71. The van der Waals surface area contributed by atoms with Crippen LogP contribution >= 0.6 is 15.9 Å². The number of hydrogen-bond donors (Lipinski definition) is 1. The van der Waals surface area contributed by atoms with E-state index in [0.29, 0.717) is 6.42 Å². The lowest BCUT2D eigenvalue weighted by molar-refractivity contribution is -0.141. The lowest BCUT2D eigenvalue weighted by Gasteiger charge is -2.15. The van der Waals surface area contributed by atoms with Gasteiger partial charge in [0.15, 0.2) is 0 Å². The number of rotatable bonds is 2. The topological polar surface area (TPSA) is 50.2 Å². The van der Waals surface area contributed by atoms with Crippen LogP contribution in [0.5, 0.6) is 0 Å². The van der Waals surface area contributed by atoms with Crippen molar-refractivity contribution in [1.29, 1.82) is 0 Å². The highest BCUT2D eigenvalue weighted by Crippen LogP contribution is 2.64. The van der Waals surface area contributed by atoms with Crippen LogP contribution in [0.15, 0.2) is 22.9 Å². The van der Waals surface area contributed by atoms with Gasteiger partial charge in [0.25, 0.3) is 0 Å². The molecule has 0 spiro atoms. The van der Waals surface area contributed by atoms with E-state index in [0.717, 1.165) is 10.0 Å². The van der Waals surface area contributed by atoms with Crippen molar-refractivity contribution in [3.8, 4) is 0 Å². The second-order valence-corrected chi connectivity index (χ2v) is 5.58. The van der Waals surface area contributed by atoms with Gasteiger partial charge in [-0.2, -0.15) is 0 Å². The first kappa shape index (κ1) is 10.6. The highest BCUT2D eigenvalue weighted by molar-refractivity contribution is 9.10. The molecule has 1 heterocycles. The summed E-state index contributed by atoms with van der Waals surface area (Å²) in [6, 6.07) is 1.84. The van der Waals surface area contributed by atoms with Crippen LogP contribution in [0.2, 0.25) is 0 Å². The van der Waals surface area contributed by atoms with E-state index in [2.05, 4.69) is 20.9 Å². The Kier molecular flexibility index (Phi) is 2.15. The van der Waals surface area contributed by atoms with Crippen LogP contribution in [0.1, 0.15) is 25.8 Å².